The Morgan fingerprint density at radius 2 is 2.12 bits per heavy atom. The molecule has 5 heteroatoms. The predicted octanol–water partition coefficient (Wildman–Crippen LogP) is 0.708. The van der Waals surface area contributed by atoms with Gasteiger partial charge >= 0.3 is 6.09 Å². The van der Waals surface area contributed by atoms with Crippen LogP contribution in [0.15, 0.2) is 30.3 Å². The summed E-state index contributed by atoms with van der Waals surface area (Å²) in [7, 11) is 0. The van der Waals surface area contributed by atoms with Gasteiger partial charge in [0.2, 0.25) is 5.79 Å². The van der Waals surface area contributed by atoms with E-state index in [2.05, 4.69) is 0 Å². The van der Waals surface area contributed by atoms with Crippen LogP contribution in [0, 0.1) is 0 Å². The largest absolute Gasteiger partial charge is 0.445 e. The normalized spacial score (nSPS) is 21.8. The summed E-state index contributed by atoms with van der Waals surface area (Å²) < 4.78 is 5.06. The van der Waals surface area contributed by atoms with Gasteiger partial charge in [0.25, 0.3) is 0 Å². The van der Waals surface area contributed by atoms with E-state index in [0.29, 0.717) is 0 Å². The summed E-state index contributed by atoms with van der Waals surface area (Å²) in [6.45, 7) is 1.64. The maximum absolute atomic E-state index is 11.6. The van der Waals surface area contributed by atoms with Crippen molar-refractivity contribution in [3.8, 4) is 0 Å². The molecule has 0 aliphatic carbocycles. The van der Waals surface area contributed by atoms with Crippen LogP contribution in [0.4, 0.5) is 4.79 Å². The van der Waals surface area contributed by atoms with Crippen LogP contribution >= 0.6 is 0 Å². The number of benzene rings is 1. The van der Waals surface area contributed by atoms with E-state index < -0.39 is 17.9 Å². The minimum absolute atomic E-state index is 0.109. The van der Waals surface area contributed by atoms with Crippen LogP contribution < -0.4 is 0 Å². The van der Waals surface area contributed by atoms with Crippen molar-refractivity contribution in [3.63, 3.8) is 0 Å². The van der Waals surface area contributed by atoms with Gasteiger partial charge in [0.05, 0.1) is 12.6 Å². The van der Waals surface area contributed by atoms with Gasteiger partial charge in [0.1, 0.15) is 6.61 Å². The molecular formula is C12H15NO4. The van der Waals surface area contributed by atoms with Crippen LogP contribution in [0.3, 0.4) is 0 Å². The number of amides is 1. The van der Waals surface area contributed by atoms with Crippen LogP contribution in [0.5, 0.6) is 0 Å². The fourth-order valence-electron chi connectivity index (χ4n) is 1.68. The number of hydrogen-bond donors (Lipinski definition) is 2. The van der Waals surface area contributed by atoms with E-state index in [-0.39, 0.29) is 13.2 Å². The van der Waals surface area contributed by atoms with Crippen LogP contribution in [-0.4, -0.2) is 39.6 Å². The summed E-state index contributed by atoms with van der Waals surface area (Å²) >= 11 is 0. The van der Waals surface area contributed by atoms with Gasteiger partial charge in [0.15, 0.2) is 0 Å². The second-order valence-corrected chi connectivity index (χ2v) is 4.22. The van der Waals surface area contributed by atoms with Crippen molar-refractivity contribution in [2.45, 2.75) is 25.4 Å². The lowest BCUT2D eigenvalue weighted by Crippen LogP contribution is -2.69. The monoisotopic (exact) mass is 237 g/mol. The Bertz CT molecular complexity index is 404. The van der Waals surface area contributed by atoms with Crippen LogP contribution in [0.2, 0.25) is 0 Å². The Morgan fingerprint density at radius 3 is 2.65 bits per heavy atom. The summed E-state index contributed by atoms with van der Waals surface area (Å²) in [5.74, 6) is -1.79. The first-order valence-electron chi connectivity index (χ1n) is 5.43. The Hall–Kier alpha value is -1.59. The number of rotatable bonds is 2. The molecule has 0 saturated carbocycles. The minimum Gasteiger partial charge on any atom is -0.445 e. The molecule has 0 radical (unpaired) electrons. The van der Waals surface area contributed by atoms with Crippen molar-refractivity contribution in [3.05, 3.63) is 35.9 Å². The summed E-state index contributed by atoms with van der Waals surface area (Å²) in [5.41, 5.74) is 0.897. The highest BCUT2D eigenvalue weighted by Crippen LogP contribution is 2.27. The molecule has 1 fully saturated rings. The van der Waals surface area contributed by atoms with Gasteiger partial charge in [-0.05, 0) is 12.5 Å². The molecule has 1 saturated heterocycles. The van der Waals surface area contributed by atoms with Crippen molar-refractivity contribution in [2.75, 3.05) is 6.54 Å². The van der Waals surface area contributed by atoms with Crippen molar-refractivity contribution < 1.29 is 19.7 Å². The van der Waals surface area contributed by atoms with Crippen molar-refractivity contribution in [2.24, 2.45) is 0 Å². The minimum atomic E-state index is -1.79. The maximum Gasteiger partial charge on any atom is 0.410 e. The molecule has 0 aromatic heterocycles. The molecule has 1 aromatic rings. The molecule has 1 amide bonds. The van der Waals surface area contributed by atoms with E-state index in [1.807, 2.05) is 30.3 Å². The Labute approximate surface area is 99.2 Å². The molecule has 1 aliphatic rings. The second-order valence-electron chi connectivity index (χ2n) is 4.22. The number of nitrogens with zero attached hydrogens (tertiary/aromatic N) is 1. The zero-order valence-electron chi connectivity index (χ0n) is 9.54. The lowest BCUT2D eigenvalue weighted by molar-refractivity contribution is -0.266. The number of carbonyl (C=O) groups is 1. The third-order valence-corrected chi connectivity index (χ3v) is 2.98. The number of carbonyl (C=O) groups excluding carboxylic acids is 1. The molecule has 1 atom stereocenters. The lowest BCUT2D eigenvalue weighted by atomic mass is 9.98. The molecule has 1 aliphatic heterocycles. The van der Waals surface area contributed by atoms with Gasteiger partial charge in [-0.15, -0.1) is 0 Å². The topological polar surface area (TPSA) is 70.0 Å². The van der Waals surface area contributed by atoms with Gasteiger partial charge in [-0.3, -0.25) is 4.90 Å². The first kappa shape index (κ1) is 11.9. The first-order valence-corrected chi connectivity index (χ1v) is 5.43. The van der Waals surface area contributed by atoms with Gasteiger partial charge in [0, 0.05) is 0 Å². The maximum atomic E-state index is 11.6. The molecule has 1 unspecified atom stereocenters. The fraction of sp³-hybridized carbons (Fsp3) is 0.417. The van der Waals surface area contributed by atoms with Crippen molar-refractivity contribution in [1.29, 1.82) is 0 Å². The van der Waals surface area contributed by atoms with Gasteiger partial charge < -0.3 is 14.9 Å². The summed E-state index contributed by atoms with van der Waals surface area (Å²) in [6.07, 6.45) is -0.528. The molecule has 0 bridgehead atoms. The molecule has 1 aromatic carbocycles. The van der Waals surface area contributed by atoms with Gasteiger partial charge in [-0.2, -0.15) is 0 Å². The first-order chi connectivity index (χ1) is 8.00. The van der Waals surface area contributed by atoms with E-state index in [1.165, 1.54) is 4.90 Å². The van der Waals surface area contributed by atoms with E-state index >= 15 is 0 Å². The van der Waals surface area contributed by atoms with Crippen LogP contribution in [0.25, 0.3) is 0 Å². The second kappa shape index (κ2) is 4.35. The number of aliphatic hydroxyl groups is 2. The molecule has 17 heavy (non-hydrogen) atoms. The molecule has 5 nitrogen and oxygen atoms in total. The van der Waals surface area contributed by atoms with Crippen molar-refractivity contribution in [1.82, 2.24) is 4.90 Å². The quantitative estimate of drug-likeness (QED) is 0.743. The van der Waals surface area contributed by atoms with Gasteiger partial charge in [-0.25, -0.2) is 4.79 Å². The molecule has 0 spiro atoms. The van der Waals surface area contributed by atoms with E-state index in [0.717, 1.165) is 5.56 Å². The number of hydrogen-bond acceptors (Lipinski definition) is 4. The molecule has 92 valence electrons. The van der Waals surface area contributed by atoms with Crippen LogP contribution in [-0.2, 0) is 11.3 Å². The fourth-order valence-corrected chi connectivity index (χ4v) is 1.68. The zero-order chi connectivity index (χ0) is 12.5. The predicted molar refractivity (Wildman–Crippen MR) is 60.0 cm³/mol. The highest BCUT2D eigenvalue weighted by Gasteiger charge is 2.50. The number of likely N-dealkylation sites (tertiary alicyclic amines) is 1. The Balaban J connectivity index is 1.84. The average molecular weight is 237 g/mol. The van der Waals surface area contributed by atoms with E-state index in [4.69, 9.17) is 4.74 Å². The van der Waals surface area contributed by atoms with E-state index in [9.17, 15) is 15.0 Å². The van der Waals surface area contributed by atoms with E-state index in [1.54, 1.807) is 6.92 Å². The highest BCUT2D eigenvalue weighted by atomic mass is 16.6. The smallest absolute Gasteiger partial charge is 0.410 e. The Kier molecular flexibility index (Phi) is 3.04. The molecule has 1 heterocycles. The van der Waals surface area contributed by atoms with Crippen molar-refractivity contribution >= 4 is 6.09 Å². The SMILES string of the molecule is CC1N(C(=O)OCc2ccccc2)CC1(O)O. The van der Waals surface area contributed by atoms with Crippen LogP contribution in [0.1, 0.15) is 12.5 Å². The summed E-state index contributed by atoms with van der Waals surface area (Å²) in [5, 5.41) is 18.6. The highest BCUT2D eigenvalue weighted by molar-refractivity contribution is 5.69. The number of β-amino-alcohol motifs (C(OH)–C–C–N with tert-alkyl or cyclic N) is 2. The third-order valence-electron chi connectivity index (χ3n) is 2.98. The third kappa shape index (κ3) is 2.40. The molecule has 2 rings (SSSR count). The summed E-state index contributed by atoms with van der Waals surface area (Å²) in [4.78, 5) is 12.9. The standard InChI is InChI=1S/C12H15NO4/c1-9-12(15,16)8-13(9)11(14)17-7-10-5-3-2-4-6-10/h2-6,9,15-16H,7-8H2,1H3. The Morgan fingerprint density at radius 1 is 1.47 bits per heavy atom. The van der Waals surface area contributed by atoms with Gasteiger partial charge in [-0.1, -0.05) is 30.3 Å². The molecular weight excluding hydrogens is 222 g/mol. The molecule has 2 N–H and O–H groups in total. The average Bonchev–Trinajstić information content (AvgIpc) is 2.34. The number of ether oxygens (including phenoxy) is 1. The zero-order valence-corrected chi connectivity index (χ0v) is 9.54. The summed E-state index contributed by atoms with van der Waals surface area (Å²) in [6, 6.07) is 8.69. The lowest BCUT2D eigenvalue weighted by Gasteiger charge is -2.48.